The van der Waals surface area contributed by atoms with Crippen molar-refractivity contribution in [3.05, 3.63) is 23.8 Å². The Kier molecular flexibility index (Phi) is 4.22. The topological polar surface area (TPSA) is 73.9 Å². The summed E-state index contributed by atoms with van der Waals surface area (Å²) in [5, 5.41) is 2.62. The molecule has 0 radical (unpaired) electrons. The van der Waals surface area contributed by atoms with Crippen LogP contribution < -0.4 is 14.8 Å². The van der Waals surface area contributed by atoms with E-state index in [0.29, 0.717) is 23.6 Å². The van der Waals surface area contributed by atoms with Crippen molar-refractivity contribution < 1.29 is 23.8 Å². The second-order valence-electron chi connectivity index (χ2n) is 3.99. The standard InChI is InChI=1S/C13H15NO5/c1-2-5-14-12(15)7-17-13(16)9-3-4-10-11(6-9)19-8-18-10/h3-4,6H,2,5,7-8H2,1H3,(H,14,15). The molecule has 0 bridgehead atoms. The van der Waals surface area contributed by atoms with Crippen molar-refractivity contribution >= 4 is 11.9 Å². The van der Waals surface area contributed by atoms with E-state index < -0.39 is 5.97 Å². The van der Waals surface area contributed by atoms with Gasteiger partial charge < -0.3 is 19.5 Å². The Hall–Kier alpha value is -2.24. The average Bonchev–Trinajstić information content (AvgIpc) is 2.89. The molecule has 0 aromatic heterocycles. The number of ether oxygens (including phenoxy) is 3. The number of esters is 1. The van der Waals surface area contributed by atoms with Crippen LogP contribution in [0.3, 0.4) is 0 Å². The van der Waals surface area contributed by atoms with Crippen LogP contribution >= 0.6 is 0 Å². The van der Waals surface area contributed by atoms with Crippen LogP contribution in [0.4, 0.5) is 0 Å². The third-order valence-corrected chi connectivity index (χ3v) is 2.51. The van der Waals surface area contributed by atoms with Gasteiger partial charge in [0.05, 0.1) is 5.56 Å². The van der Waals surface area contributed by atoms with E-state index in [1.54, 1.807) is 12.1 Å². The maximum atomic E-state index is 11.7. The summed E-state index contributed by atoms with van der Waals surface area (Å²) >= 11 is 0. The molecule has 1 aromatic carbocycles. The molecule has 0 fully saturated rings. The Balaban J connectivity index is 1.88. The van der Waals surface area contributed by atoms with E-state index in [-0.39, 0.29) is 19.3 Å². The normalized spacial score (nSPS) is 12.1. The molecule has 0 atom stereocenters. The van der Waals surface area contributed by atoms with Gasteiger partial charge in [0.15, 0.2) is 18.1 Å². The van der Waals surface area contributed by atoms with Gasteiger partial charge in [-0.1, -0.05) is 6.92 Å². The number of amides is 1. The highest BCUT2D eigenvalue weighted by Gasteiger charge is 2.17. The Labute approximate surface area is 110 Å². The third kappa shape index (κ3) is 3.37. The highest BCUT2D eigenvalue weighted by atomic mass is 16.7. The smallest absolute Gasteiger partial charge is 0.338 e. The van der Waals surface area contributed by atoms with E-state index >= 15 is 0 Å². The van der Waals surface area contributed by atoms with Crippen molar-refractivity contribution in [1.82, 2.24) is 5.32 Å². The first kappa shape index (κ1) is 13.2. The molecule has 1 heterocycles. The van der Waals surface area contributed by atoms with Crippen LogP contribution in [-0.2, 0) is 9.53 Å². The number of hydrogen-bond acceptors (Lipinski definition) is 5. The van der Waals surface area contributed by atoms with Crippen LogP contribution in [0.1, 0.15) is 23.7 Å². The molecule has 0 aliphatic carbocycles. The Morgan fingerprint density at radius 1 is 1.32 bits per heavy atom. The summed E-state index contributed by atoms with van der Waals surface area (Å²) in [7, 11) is 0. The molecular formula is C13H15NO5. The van der Waals surface area contributed by atoms with E-state index in [4.69, 9.17) is 14.2 Å². The van der Waals surface area contributed by atoms with Crippen molar-refractivity contribution in [3.8, 4) is 11.5 Å². The number of hydrogen-bond donors (Lipinski definition) is 1. The van der Waals surface area contributed by atoms with Crippen molar-refractivity contribution in [3.63, 3.8) is 0 Å². The lowest BCUT2D eigenvalue weighted by molar-refractivity contribution is -0.124. The zero-order valence-corrected chi connectivity index (χ0v) is 10.6. The minimum Gasteiger partial charge on any atom is -0.454 e. The summed E-state index contributed by atoms with van der Waals surface area (Å²) in [5.74, 6) is 0.225. The summed E-state index contributed by atoms with van der Waals surface area (Å²) in [6, 6.07) is 4.74. The first-order valence-corrected chi connectivity index (χ1v) is 6.04. The molecule has 0 saturated heterocycles. The molecule has 102 valence electrons. The number of carbonyl (C=O) groups excluding carboxylic acids is 2. The van der Waals surface area contributed by atoms with Gasteiger partial charge >= 0.3 is 5.97 Å². The summed E-state index contributed by atoms with van der Waals surface area (Å²) in [4.78, 5) is 23.0. The molecule has 0 unspecified atom stereocenters. The molecule has 6 nitrogen and oxygen atoms in total. The van der Waals surface area contributed by atoms with Crippen LogP contribution in [0, 0.1) is 0 Å². The minimum absolute atomic E-state index is 0.146. The first-order chi connectivity index (χ1) is 9.20. The molecule has 1 aliphatic heterocycles. The average molecular weight is 265 g/mol. The van der Waals surface area contributed by atoms with Gasteiger partial charge in [0.25, 0.3) is 5.91 Å². The summed E-state index contributed by atoms with van der Waals surface area (Å²) < 4.78 is 15.2. The fourth-order valence-corrected chi connectivity index (χ4v) is 1.55. The zero-order valence-electron chi connectivity index (χ0n) is 10.6. The van der Waals surface area contributed by atoms with Gasteiger partial charge in [-0.3, -0.25) is 4.79 Å². The third-order valence-electron chi connectivity index (χ3n) is 2.51. The summed E-state index contributed by atoms with van der Waals surface area (Å²) in [5.41, 5.74) is 0.326. The molecule has 1 N–H and O–H groups in total. The number of carbonyl (C=O) groups is 2. The van der Waals surface area contributed by atoms with E-state index in [2.05, 4.69) is 5.32 Å². The van der Waals surface area contributed by atoms with Crippen LogP contribution in [-0.4, -0.2) is 31.8 Å². The lowest BCUT2D eigenvalue weighted by atomic mass is 10.2. The lowest BCUT2D eigenvalue weighted by Gasteiger charge is -2.06. The van der Waals surface area contributed by atoms with E-state index in [9.17, 15) is 9.59 Å². The molecule has 1 aromatic rings. The molecular weight excluding hydrogens is 250 g/mol. The lowest BCUT2D eigenvalue weighted by Crippen LogP contribution is -2.29. The van der Waals surface area contributed by atoms with Crippen LogP contribution in [0.5, 0.6) is 11.5 Å². The number of nitrogens with one attached hydrogen (secondary N) is 1. The quantitative estimate of drug-likeness (QED) is 0.807. The zero-order chi connectivity index (χ0) is 13.7. The van der Waals surface area contributed by atoms with Gasteiger partial charge in [-0.25, -0.2) is 4.79 Å². The second kappa shape index (κ2) is 6.08. The van der Waals surface area contributed by atoms with Crippen molar-refractivity contribution in [2.45, 2.75) is 13.3 Å². The predicted octanol–water partition coefficient (Wildman–Crippen LogP) is 1.10. The van der Waals surface area contributed by atoms with Crippen LogP contribution in [0.25, 0.3) is 0 Å². The second-order valence-corrected chi connectivity index (χ2v) is 3.99. The van der Waals surface area contributed by atoms with E-state index in [1.165, 1.54) is 6.07 Å². The Morgan fingerprint density at radius 3 is 2.89 bits per heavy atom. The van der Waals surface area contributed by atoms with Gasteiger partial charge in [0.1, 0.15) is 0 Å². The molecule has 19 heavy (non-hydrogen) atoms. The monoisotopic (exact) mass is 265 g/mol. The molecule has 1 aliphatic rings. The fraction of sp³-hybridized carbons (Fsp3) is 0.385. The summed E-state index contributed by atoms with van der Waals surface area (Å²) in [6.07, 6.45) is 0.835. The van der Waals surface area contributed by atoms with Crippen LogP contribution in [0.15, 0.2) is 18.2 Å². The van der Waals surface area contributed by atoms with Gasteiger partial charge in [0, 0.05) is 6.54 Å². The Bertz CT molecular complexity index is 486. The molecule has 6 heteroatoms. The van der Waals surface area contributed by atoms with E-state index in [1.807, 2.05) is 6.92 Å². The highest BCUT2D eigenvalue weighted by Crippen LogP contribution is 2.32. The maximum Gasteiger partial charge on any atom is 0.338 e. The molecule has 0 spiro atoms. The highest BCUT2D eigenvalue weighted by molar-refractivity contribution is 5.92. The fourth-order valence-electron chi connectivity index (χ4n) is 1.55. The number of fused-ring (bicyclic) bond motifs is 1. The van der Waals surface area contributed by atoms with Crippen molar-refractivity contribution in [1.29, 1.82) is 0 Å². The first-order valence-electron chi connectivity index (χ1n) is 6.04. The molecule has 2 rings (SSSR count). The summed E-state index contributed by atoms with van der Waals surface area (Å²) in [6.45, 7) is 2.37. The number of rotatable bonds is 5. The van der Waals surface area contributed by atoms with Gasteiger partial charge in [0.2, 0.25) is 6.79 Å². The van der Waals surface area contributed by atoms with Gasteiger partial charge in [-0.15, -0.1) is 0 Å². The number of benzene rings is 1. The molecule has 0 saturated carbocycles. The van der Waals surface area contributed by atoms with Crippen molar-refractivity contribution in [2.24, 2.45) is 0 Å². The largest absolute Gasteiger partial charge is 0.454 e. The van der Waals surface area contributed by atoms with Crippen molar-refractivity contribution in [2.75, 3.05) is 19.9 Å². The maximum absolute atomic E-state index is 11.7. The van der Waals surface area contributed by atoms with Crippen LogP contribution in [0.2, 0.25) is 0 Å². The minimum atomic E-state index is -0.565. The predicted molar refractivity (Wildman–Crippen MR) is 66.1 cm³/mol. The Morgan fingerprint density at radius 2 is 2.11 bits per heavy atom. The van der Waals surface area contributed by atoms with E-state index in [0.717, 1.165) is 6.42 Å². The molecule has 1 amide bonds. The van der Waals surface area contributed by atoms with Gasteiger partial charge in [-0.2, -0.15) is 0 Å². The SMILES string of the molecule is CCCNC(=O)COC(=O)c1ccc2c(c1)OCO2. The van der Waals surface area contributed by atoms with Gasteiger partial charge in [-0.05, 0) is 24.6 Å².